The molecular weight excluding hydrogens is 279 g/mol. The van der Waals surface area contributed by atoms with Gasteiger partial charge in [-0.1, -0.05) is 48.9 Å². The van der Waals surface area contributed by atoms with Gasteiger partial charge in [-0.2, -0.15) is 5.10 Å². The molecule has 1 atom stereocenters. The highest BCUT2D eigenvalue weighted by atomic mass is 35.5. The van der Waals surface area contributed by atoms with Gasteiger partial charge in [-0.05, 0) is 24.8 Å². The summed E-state index contributed by atoms with van der Waals surface area (Å²) in [5.74, 6) is 0. The molecule has 1 heterocycles. The third-order valence-corrected chi connectivity index (χ3v) is 3.91. The molecule has 0 N–H and O–H groups in total. The summed E-state index contributed by atoms with van der Waals surface area (Å²) < 4.78 is 1.98. The van der Waals surface area contributed by atoms with Gasteiger partial charge in [-0.3, -0.25) is 4.68 Å². The van der Waals surface area contributed by atoms with E-state index in [0.29, 0.717) is 0 Å². The highest BCUT2D eigenvalue weighted by molar-refractivity contribution is 6.31. The van der Waals surface area contributed by atoms with E-state index in [-0.39, 0.29) is 5.38 Å². The van der Waals surface area contributed by atoms with E-state index in [1.165, 1.54) is 0 Å². The molecule has 0 spiro atoms. The standard InChI is InChI=1S/C15H18Cl2N2/c1-2-10-19-15(14(17)11-18-19)9-8-13(16)12-6-4-3-5-7-12/h3-7,11,13H,2,8-10H2,1H3. The first kappa shape index (κ1) is 14.4. The molecule has 0 radical (unpaired) electrons. The predicted octanol–water partition coefficient (Wildman–Crippen LogP) is 4.86. The summed E-state index contributed by atoms with van der Waals surface area (Å²) in [4.78, 5) is 0. The Bertz CT molecular complexity index is 508. The molecule has 0 aliphatic heterocycles. The van der Waals surface area contributed by atoms with E-state index in [4.69, 9.17) is 23.2 Å². The van der Waals surface area contributed by atoms with Gasteiger partial charge in [0.25, 0.3) is 0 Å². The molecule has 0 aliphatic carbocycles. The van der Waals surface area contributed by atoms with E-state index in [1.54, 1.807) is 6.20 Å². The minimum atomic E-state index is 0.0160. The fraction of sp³-hybridized carbons (Fsp3) is 0.400. The number of aromatic nitrogens is 2. The first-order valence-electron chi connectivity index (χ1n) is 6.61. The second-order valence-electron chi connectivity index (χ2n) is 4.58. The lowest BCUT2D eigenvalue weighted by Crippen LogP contribution is -2.06. The lowest BCUT2D eigenvalue weighted by atomic mass is 10.1. The van der Waals surface area contributed by atoms with Crippen LogP contribution in [0.15, 0.2) is 36.5 Å². The van der Waals surface area contributed by atoms with E-state index in [2.05, 4.69) is 24.2 Å². The molecule has 0 amide bonds. The summed E-state index contributed by atoms with van der Waals surface area (Å²) in [6.45, 7) is 3.04. The number of hydrogen-bond donors (Lipinski definition) is 0. The number of alkyl halides is 1. The molecule has 2 nitrogen and oxygen atoms in total. The summed E-state index contributed by atoms with van der Waals surface area (Å²) in [7, 11) is 0. The Kier molecular flexibility index (Phi) is 5.29. The smallest absolute Gasteiger partial charge is 0.0817 e. The fourth-order valence-electron chi connectivity index (χ4n) is 2.13. The van der Waals surface area contributed by atoms with Crippen LogP contribution in [0, 0.1) is 0 Å². The van der Waals surface area contributed by atoms with Crippen molar-refractivity contribution >= 4 is 23.2 Å². The van der Waals surface area contributed by atoms with Crippen LogP contribution in [-0.2, 0) is 13.0 Å². The average Bonchev–Trinajstić information content (AvgIpc) is 2.78. The molecular formula is C15H18Cl2N2. The van der Waals surface area contributed by atoms with Crippen LogP contribution in [0.4, 0.5) is 0 Å². The zero-order valence-corrected chi connectivity index (χ0v) is 12.5. The minimum absolute atomic E-state index is 0.0160. The quantitative estimate of drug-likeness (QED) is 0.696. The van der Waals surface area contributed by atoms with Crippen molar-refractivity contribution in [3.63, 3.8) is 0 Å². The number of halogens is 2. The second-order valence-corrected chi connectivity index (χ2v) is 5.51. The fourth-order valence-corrected chi connectivity index (χ4v) is 2.62. The van der Waals surface area contributed by atoms with Crippen molar-refractivity contribution in [3.8, 4) is 0 Å². The van der Waals surface area contributed by atoms with Crippen molar-refractivity contribution in [1.82, 2.24) is 9.78 Å². The molecule has 0 saturated carbocycles. The maximum atomic E-state index is 6.43. The van der Waals surface area contributed by atoms with Crippen LogP contribution < -0.4 is 0 Å². The molecule has 2 aromatic rings. The SMILES string of the molecule is CCCn1ncc(Cl)c1CCC(Cl)c1ccccc1. The van der Waals surface area contributed by atoms with Crippen molar-refractivity contribution in [1.29, 1.82) is 0 Å². The van der Waals surface area contributed by atoms with Crippen molar-refractivity contribution in [2.24, 2.45) is 0 Å². The Hall–Kier alpha value is -0.990. The van der Waals surface area contributed by atoms with Crippen molar-refractivity contribution < 1.29 is 0 Å². The van der Waals surface area contributed by atoms with E-state index >= 15 is 0 Å². The van der Waals surface area contributed by atoms with Gasteiger partial charge in [0.1, 0.15) is 0 Å². The van der Waals surface area contributed by atoms with Crippen LogP contribution in [0.1, 0.15) is 36.4 Å². The Balaban J connectivity index is 2.00. The highest BCUT2D eigenvalue weighted by Gasteiger charge is 2.12. The number of nitrogens with zero attached hydrogens (tertiary/aromatic N) is 2. The van der Waals surface area contributed by atoms with E-state index in [1.807, 2.05) is 22.9 Å². The minimum Gasteiger partial charge on any atom is -0.268 e. The van der Waals surface area contributed by atoms with Crippen LogP contribution in [0.25, 0.3) is 0 Å². The lowest BCUT2D eigenvalue weighted by Gasteiger charge is -2.11. The molecule has 19 heavy (non-hydrogen) atoms. The van der Waals surface area contributed by atoms with Gasteiger partial charge in [-0.15, -0.1) is 11.6 Å². The third-order valence-electron chi connectivity index (χ3n) is 3.13. The van der Waals surface area contributed by atoms with Crippen LogP contribution in [-0.4, -0.2) is 9.78 Å². The van der Waals surface area contributed by atoms with Crippen molar-refractivity contribution in [2.45, 2.75) is 38.1 Å². The largest absolute Gasteiger partial charge is 0.268 e. The van der Waals surface area contributed by atoms with Gasteiger partial charge in [0.05, 0.1) is 22.3 Å². The van der Waals surface area contributed by atoms with Gasteiger partial charge in [0, 0.05) is 6.54 Å². The topological polar surface area (TPSA) is 17.8 Å². The average molecular weight is 297 g/mol. The molecule has 1 unspecified atom stereocenters. The maximum Gasteiger partial charge on any atom is 0.0817 e. The predicted molar refractivity (Wildman–Crippen MR) is 80.9 cm³/mol. The summed E-state index contributed by atoms with van der Waals surface area (Å²) in [6, 6.07) is 10.1. The first-order valence-corrected chi connectivity index (χ1v) is 7.43. The summed E-state index contributed by atoms with van der Waals surface area (Å²) in [6.07, 6.45) is 4.48. The molecule has 102 valence electrons. The normalized spacial score (nSPS) is 12.6. The summed E-state index contributed by atoms with van der Waals surface area (Å²) in [5, 5.41) is 5.05. The van der Waals surface area contributed by atoms with Crippen molar-refractivity contribution in [3.05, 3.63) is 52.8 Å². The molecule has 1 aromatic heterocycles. The zero-order chi connectivity index (χ0) is 13.7. The van der Waals surface area contributed by atoms with Gasteiger partial charge >= 0.3 is 0 Å². The van der Waals surface area contributed by atoms with Gasteiger partial charge < -0.3 is 0 Å². The zero-order valence-electron chi connectivity index (χ0n) is 11.0. The molecule has 0 aliphatic rings. The monoisotopic (exact) mass is 296 g/mol. The number of benzene rings is 1. The number of aryl methyl sites for hydroxylation is 1. The second kappa shape index (κ2) is 6.97. The third kappa shape index (κ3) is 3.74. The number of hydrogen-bond acceptors (Lipinski definition) is 1. The Morgan fingerprint density at radius 2 is 2.00 bits per heavy atom. The summed E-state index contributed by atoms with van der Waals surface area (Å²) >= 11 is 12.6. The van der Waals surface area contributed by atoms with E-state index in [9.17, 15) is 0 Å². The Morgan fingerprint density at radius 3 is 2.68 bits per heavy atom. The molecule has 1 aromatic carbocycles. The lowest BCUT2D eigenvalue weighted by molar-refractivity contribution is 0.565. The highest BCUT2D eigenvalue weighted by Crippen LogP contribution is 2.27. The molecule has 0 fully saturated rings. The van der Waals surface area contributed by atoms with E-state index in [0.717, 1.165) is 42.1 Å². The van der Waals surface area contributed by atoms with E-state index < -0.39 is 0 Å². The molecule has 2 rings (SSSR count). The molecule has 0 saturated heterocycles. The van der Waals surface area contributed by atoms with Crippen LogP contribution in [0.5, 0.6) is 0 Å². The van der Waals surface area contributed by atoms with Crippen LogP contribution in [0.3, 0.4) is 0 Å². The van der Waals surface area contributed by atoms with Gasteiger partial charge in [0.2, 0.25) is 0 Å². The molecule has 4 heteroatoms. The number of rotatable bonds is 6. The Morgan fingerprint density at radius 1 is 1.26 bits per heavy atom. The van der Waals surface area contributed by atoms with Crippen molar-refractivity contribution in [2.75, 3.05) is 0 Å². The molecule has 0 bridgehead atoms. The van der Waals surface area contributed by atoms with Crippen LogP contribution >= 0.6 is 23.2 Å². The van der Waals surface area contributed by atoms with Gasteiger partial charge in [0.15, 0.2) is 0 Å². The maximum absolute atomic E-state index is 6.43. The Labute approximate surface area is 124 Å². The summed E-state index contributed by atoms with van der Waals surface area (Å²) in [5.41, 5.74) is 2.24. The first-order chi connectivity index (χ1) is 9.22. The van der Waals surface area contributed by atoms with Crippen LogP contribution in [0.2, 0.25) is 5.02 Å². The van der Waals surface area contributed by atoms with Gasteiger partial charge in [-0.25, -0.2) is 0 Å².